The highest BCUT2D eigenvalue weighted by Gasteiger charge is 2.15. The molecule has 3 nitrogen and oxygen atoms in total. The van der Waals surface area contributed by atoms with Gasteiger partial charge in [0.2, 0.25) is 0 Å². The lowest BCUT2D eigenvalue weighted by Gasteiger charge is -2.09. The van der Waals surface area contributed by atoms with Crippen LogP contribution in [0.25, 0.3) is 0 Å². The molecule has 0 atom stereocenters. The van der Waals surface area contributed by atoms with Crippen molar-refractivity contribution in [2.24, 2.45) is 0 Å². The van der Waals surface area contributed by atoms with Crippen molar-refractivity contribution in [1.29, 1.82) is 0 Å². The third kappa shape index (κ3) is 3.07. The number of carbonyl (C=O) groups is 2. The normalized spacial score (nSPS) is 10.1. The molecule has 0 heterocycles. The molecule has 0 aliphatic carbocycles. The zero-order valence-electron chi connectivity index (χ0n) is 9.00. The van der Waals surface area contributed by atoms with Gasteiger partial charge in [0.1, 0.15) is 0 Å². The minimum atomic E-state index is -0.939. The van der Waals surface area contributed by atoms with Crippen molar-refractivity contribution in [3.63, 3.8) is 0 Å². The van der Waals surface area contributed by atoms with E-state index in [1.54, 1.807) is 25.1 Å². The molecule has 1 N–H and O–H groups in total. The smallest absolute Gasteiger partial charge is 0.307 e. The molecule has 0 fully saturated rings. The zero-order valence-corrected chi connectivity index (χ0v) is 9.75. The SMILES string of the molecule is Cc1cccc(CC(=O)O)c1C(=O)CCCl. The van der Waals surface area contributed by atoms with Gasteiger partial charge in [-0.1, -0.05) is 18.2 Å². The predicted octanol–water partition coefficient (Wildman–Crippen LogP) is 2.43. The number of Topliss-reactive ketones (excluding diaryl/α,β-unsaturated/α-hetero) is 1. The van der Waals surface area contributed by atoms with Crippen LogP contribution < -0.4 is 0 Å². The Morgan fingerprint density at radius 1 is 1.38 bits per heavy atom. The van der Waals surface area contributed by atoms with Crippen molar-refractivity contribution in [2.75, 3.05) is 5.88 Å². The van der Waals surface area contributed by atoms with Crippen LogP contribution in [0.3, 0.4) is 0 Å². The Morgan fingerprint density at radius 3 is 2.62 bits per heavy atom. The Hall–Kier alpha value is -1.35. The van der Waals surface area contributed by atoms with E-state index >= 15 is 0 Å². The van der Waals surface area contributed by atoms with E-state index < -0.39 is 5.97 Å². The molecule has 0 radical (unpaired) electrons. The number of hydrogen-bond donors (Lipinski definition) is 1. The van der Waals surface area contributed by atoms with Crippen molar-refractivity contribution < 1.29 is 14.7 Å². The molecule has 0 saturated heterocycles. The van der Waals surface area contributed by atoms with Gasteiger partial charge < -0.3 is 5.11 Å². The van der Waals surface area contributed by atoms with Crippen LogP contribution in [0.5, 0.6) is 0 Å². The standard InChI is InChI=1S/C12H13ClO3/c1-8-3-2-4-9(7-11(15)16)12(8)10(14)5-6-13/h2-4H,5-7H2,1H3,(H,15,16). The van der Waals surface area contributed by atoms with E-state index in [9.17, 15) is 9.59 Å². The molecule has 1 rings (SSSR count). The Kier molecular flexibility index (Phi) is 4.50. The number of aliphatic carboxylic acids is 1. The lowest BCUT2D eigenvalue weighted by Crippen LogP contribution is -2.10. The number of carbonyl (C=O) groups excluding carboxylic acids is 1. The summed E-state index contributed by atoms with van der Waals surface area (Å²) in [7, 11) is 0. The molecule has 0 amide bonds. The molecule has 86 valence electrons. The largest absolute Gasteiger partial charge is 0.481 e. The topological polar surface area (TPSA) is 54.4 Å². The third-order valence-electron chi connectivity index (χ3n) is 2.30. The maximum Gasteiger partial charge on any atom is 0.307 e. The van der Waals surface area contributed by atoms with Crippen LogP contribution in [0, 0.1) is 6.92 Å². The molecule has 4 heteroatoms. The first-order chi connectivity index (χ1) is 7.56. The molecule has 0 aliphatic heterocycles. The number of carboxylic acids is 1. The van der Waals surface area contributed by atoms with E-state index in [2.05, 4.69) is 0 Å². The summed E-state index contributed by atoms with van der Waals surface area (Å²) in [5, 5.41) is 8.76. The van der Waals surface area contributed by atoms with Gasteiger partial charge in [-0.2, -0.15) is 0 Å². The molecule has 1 aromatic rings. The molecule has 0 aliphatic rings. The van der Waals surface area contributed by atoms with E-state index in [-0.39, 0.29) is 24.5 Å². The highest BCUT2D eigenvalue weighted by Crippen LogP contribution is 2.17. The molecule has 0 saturated carbocycles. The number of ketones is 1. The maximum absolute atomic E-state index is 11.8. The Morgan fingerprint density at radius 2 is 2.06 bits per heavy atom. The fourth-order valence-electron chi connectivity index (χ4n) is 1.65. The van der Waals surface area contributed by atoms with E-state index in [4.69, 9.17) is 16.7 Å². The molecule has 1 aromatic carbocycles. The number of carboxylic acid groups (broad SMARTS) is 1. The summed E-state index contributed by atoms with van der Waals surface area (Å²) < 4.78 is 0. The van der Waals surface area contributed by atoms with Gasteiger partial charge in [0, 0.05) is 17.9 Å². The van der Waals surface area contributed by atoms with E-state index in [0.717, 1.165) is 5.56 Å². The molecule has 0 aromatic heterocycles. The molecule has 0 spiro atoms. The van der Waals surface area contributed by atoms with E-state index in [1.165, 1.54) is 0 Å². The fourth-order valence-corrected chi connectivity index (χ4v) is 1.82. The quantitative estimate of drug-likeness (QED) is 0.635. The highest BCUT2D eigenvalue weighted by atomic mass is 35.5. The van der Waals surface area contributed by atoms with Crippen molar-refractivity contribution in [3.8, 4) is 0 Å². The first kappa shape index (κ1) is 12.7. The second-order valence-electron chi connectivity index (χ2n) is 3.54. The van der Waals surface area contributed by atoms with Crippen molar-refractivity contribution in [2.45, 2.75) is 19.8 Å². The summed E-state index contributed by atoms with van der Waals surface area (Å²) >= 11 is 5.52. The zero-order chi connectivity index (χ0) is 12.1. The van der Waals surface area contributed by atoms with Crippen molar-refractivity contribution in [1.82, 2.24) is 0 Å². The van der Waals surface area contributed by atoms with Crippen LogP contribution in [-0.4, -0.2) is 22.7 Å². The van der Waals surface area contributed by atoms with Crippen LogP contribution in [0.2, 0.25) is 0 Å². The summed E-state index contributed by atoms with van der Waals surface area (Å²) in [6.07, 6.45) is 0.101. The lowest BCUT2D eigenvalue weighted by atomic mass is 9.95. The van der Waals surface area contributed by atoms with Crippen molar-refractivity contribution >= 4 is 23.4 Å². The first-order valence-corrected chi connectivity index (χ1v) is 5.49. The number of benzene rings is 1. The summed E-state index contributed by atoms with van der Waals surface area (Å²) in [4.78, 5) is 22.5. The summed E-state index contributed by atoms with van der Waals surface area (Å²) in [5.41, 5.74) is 1.86. The average molecular weight is 241 g/mol. The van der Waals surface area contributed by atoms with Crippen LogP contribution in [-0.2, 0) is 11.2 Å². The van der Waals surface area contributed by atoms with Gasteiger partial charge in [0.05, 0.1) is 6.42 Å². The Labute approximate surface area is 99.0 Å². The van der Waals surface area contributed by atoms with Gasteiger partial charge in [-0.25, -0.2) is 0 Å². The van der Waals surface area contributed by atoms with Crippen LogP contribution in [0.15, 0.2) is 18.2 Å². The second kappa shape index (κ2) is 5.66. The Bertz CT molecular complexity index is 413. The predicted molar refractivity (Wildman–Crippen MR) is 62.2 cm³/mol. The minimum Gasteiger partial charge on any atom is -0.481 e. The molecule has 16 heavy (non-hydrogen) atoms. The van der Waals surface area contributed by atoms with Gasteiger partial charge in [-0.3, -0.25) is 9.59 Å². The molecular formula is C12H13ClO3. The first-order valence-electron chi connectivity index (χ1n) is 4.95. The number of halogens is 1. The van der Waals surface area contributed by atoms with Crippen molar-refractivity contribution in [3.05, 3.63) is 34.9 Å². The lowest BCUT2D eigenvalue weighted by molar-refractivity contribution is -0.136. The third-order valence-corrected chi connectivity index (χ3v) is 2.49. The van der Waals surface area contributed by atoms with Gasteiger partial charge in [-0.05, 0) is 18.1 Å². The van der Waals surface area contributed by atoms with Gasteiger partial charge in [-0.15, -0.1) is 11.6 Å². The highest BCUT2D eigenvalue weighted by molar-refractivity contribution is 6.19. The number of rotatable bonds is 5. The van der Waals surface area contributed by atoms with Crippen LogP contribution in [0.4, 0.5) is 0 Å². The second-order valence-corrected chi connectivity index (χ2v) is 3.92. The molecular weight excluding hydrogens is 228 g/mol. The maximum atomic E-state index is 11.8. The van der Waals surface area contributed by atoms with Crippen LogP contribution in [0.1, 0.15) is 27.9 Å². The summed E-state index contributed by atoms with van der Waals surface area (Å²) in [6.45, 7) is 1.80. The molecule has 0 unspecified atom stereocenters. The van der Waals surface area contributed by atoms with Gasteiger partial charge in [0.15, 0.2) is 5.78 Å². The summed E-state index contributed by atoms with van der Waals surface area (Å²) in [5.74, 6) is -0.783. The van der Waals surface area contributed by atoms with Gasteiger partial charge in [0.25, 0.3) is 0 Å². The monoisotopic (exact) mass is 240 g/mol. The average Bonchev–Trinajstić information content (AvgIpc) is 2.16. The van der Waals surface area contributed by atoms with Crippen LogP contribution >= 0.6 is 11.6 Å². The number of aryl methyl sites for hydroxylation is 1. The summed E-state index contributed by atoms with van der Waals surface area (Å²) in [6, 6.07) is 5.22. The van der Waals surface area contributed by atoms with E-state index in [1.807, 2.05) is 0 Å². The number of alkyl halides is 1. The number of hydrogen-bond acceptors (Lipinski definition) is 2. The minimum absolute atomic E-state index is 0.0932. The fraction of sp³-hybridized carbons (Fsp3) is 0.333. The van der Waals surface area contributed by atoms with Gasteiger partial charge >= 0.3 is 5.97 Å². The molecule has 0 bridgehead atoms. The van der Waals surface area contributed by atoms with E-state index in [0.29, 0.717) is 11.1 Å². The Balaban J connectivity index is 3.12.